The minimum absolute atomic E-state index is 0.0101. The van der Waals surface area contributed by atoms with Gasteiger partial charge in [-0.15, -0.1) is 0 Å². The number of methoxy groups -OCH3 is 1. The molecule has 0 aliphatic rings. The van der Waals surface area contributed by atoms with E-state index in [1.807, 2.05) is 19.9 Å². The minimum Gasteiger partial charge on any atom is -0.469 e. The van der Waals surface area contributed by atoms with Gasteiger partial charge in [-0.3, -0.25) is 14.4 Å². The van der Waals surface area contributed by atoms with E-state index < -0.39 is 34.5 Å². The van der Waals surface area contributed by atoms with E-state index >= 15 is 0 Å². The molecule has 2 amide bonds. The van der Waals surface area contributed by atoms with Gasteiger partial charge in [-0.2, -0.15) is 12.6 Å². The van der Waals surface area contributed by atoms with Crippen molar-refractivity contribution in [1.29, 1.82) is 0 Å². The Hall–Kier alpha value is -2.68. The third-order valence-corrected chi connectivity index (χ3v) is 5.89. The largest absolute Gasteiger partial charge is 0.469 e. The van der Waals surface area contributed by atoms with Crippen molar-refractivity contribution in [3.8, 4) is 0 Å². The van der Waals surface area contributed by atoms with Crippen LogP contribution in [-0.4, -0.2) is 52.8 Å². The number of aldehydes is 1. The Balaban J connectivity index is 3.13. The number of ether oxygens (including phenoxy) is 2. The van der Waals surface area contributed by atoms with Crippen molar-refractivity contribution in [1.82, 2.24) is 4.90 Å². The van der Waals surface area contributed by atoms with Crippen LogP contribution in [-0.2, 0) is 35.3 Å². The quantitative estimate of drug-likeness (QED) is 0.151. The smallest absolute Gasteiger partial charge is 0.417 e. The van der Waals surface area contributed by atoms with Crippen LogP contribution in [0.4, 0.5) is 4.79 Å². The Morgan fingerprint density at radius 2 is 1.76 bits per heavy atom. The molecule has 0 aliphatic carbocycles. The lowest BCUT2D eigenvalue weighted by atomic mass is 9.93. The lowest BCUT2D eigenvalue weighted by molar-refractivity contribution is -0.141. The molecule has 0 N–H and O–H groups in total. The Bertz CT molecular complexity index is 827. The maximum absolute atomic E-state index is 13.5. The van der Waals surface area contributed by atoms with E-state index in [1.165, 1.54) is 14.0 Å². The lowest BCUT2D eigenvalue weighted by Gasteiger charge is -2.34. The van der Waals surface area contributed by atoms with Gasteiger partial charge >= 0.3 is 12.1 Å². The number of esters is 1. The topological polar surface area (TPSA) is 107 Å². The van der Waals surface area contributed by atoms with Gasteiger partial charge in [0, 0.05) is 6.42 Å². The summed E-state index contributed by atoms with van der Waals surface area (Å²) in [5, 5.41) is 0. The predicted molar refractivity (Wildman–Crippen MR) is 126 cm³/mol. The monoisotopic (exact) mass is 479 g/mol. The minimum atomic E-state index is -1.85. The number of imide groups is 1. The van der Waals surface area contributed by atoms with Crippen LogP contribution in [0.2, 0.25) is 0 Å². The molecule has 2 atom stereocenters. The van der Waals surface area contributed by atoms with Crippen LogP contribution in [0.25, 0.3) is 0 Å². The number of hydrogen-bond donors (Lipinski definition) is 1. The molecule has 0 aliphatic heterocycles. The highest BCUT2D eigenvalue weighted by Gasteiger charge is 2.46. The number of carbonyl (C=O) groups excluding carboxylic acids is 5. The molecule has 0 saturated carbocycles. The first-order valence-corrected chi connectivity index (χ1v) is 11.3. The zero-order valence-electron chi connectivity index (χ0n) is 19.6. The van der Waals surface area contributed by atoms with E-state index in [2.05, 4.69) is 17.4 Å². The van der Waals surface area contributed by atoms with E-state index in [0.29, 0.717) is 29.6 Å². The van der Waals surface area contributed by atoms with Crippen LogP contribution in [0.15, 0.2) is 30.3 Å². The van der Waals surface area contributed by atoms with Crippen molar-refractivity contribution in [3.63, 3.8) is 0 Å². The van der Waals surface area contributed by atoms with E-state index in [9.17, 15) is 24.0 Å². The highest BCUT2D eigenvalue weighted by molar-refractivity contribution is 7.83. The zero-order chi connectivity index (χ0) is 25.0. The molecular formula is C24H33NO7S. The van der Waals surface area contributed by atoms with Crippen molar-refractivity contribution < 1.29 is 33.4 Å². The normalized spacial score (nSPS) is 13.5. The zero-order valence-corrected chi connectivity index (χ0v) is 20.5. The molecule has 0 radical (unpaired) electrons. The number of amides is 2. The van der Waals surface area contributed by atoms with Gasteiger partial charge in [0.25, 0.3) is 5.91 Å². The Kier molecular flexibility index (Phi) is 11.8. The van der Waals surface area contributed by atoms with Gasteiger partial charge in [-0.25, -0.2) is 9.69 Å². The molecule has 0 fully saturated rings. The summed E-state index contributed by atoms with van der Waals surface area (Å²) in [4.78, 5) is 62.9. The van der Waals surface area contributed by atoms with Gasteiger partial charge in [-0.05, 0) is 37.7 Å². The second-order valence-corrected chi connectivity index (χ2v) is 9.01. The number of unbranched alkanes of at least 4 members (excludes halogenated alkanes) is 1. The number of rotatable bonds is 13. The molecule has 0 heterocycles. The van der Waals surface area contributed by atoms with Crippen LogP contribution in [0, 0.1) is 5.92 Å². The van der Waals surface area contributed by atoms with E-state index in [4.69, 9.17) is 4.74 Å². The number of ketones is 1. The van der Waals surface area contributed by atoms with Crippen LogP contribution in [0.1, 0.15) is 58.4 Å². The number of Topliss-reactive ketones (excluding diaryl/α,β-unsaturated/α-hetero) is 1. The van der Waals surface area contributed by atoms with Crippen LogP contribution in [0.3, 0.4) is 0 Å². The van der Waals surface area contributed by atoms with Crippen LogP contribution >= 0.6 is 12.6 Å². The summed E-state index contributed by atoms with van der Waals surface area (Å²) in [5.41, 5.74) is 0.705. The number of carbonyl (C=O) groups is 5. The third-order valence-electron chi connectivity index (χ3n) is 5.16. The lowest BCUT2D eigenvalue weighted by Crippen LogP contribution is -2.56. The molecule has 1 rings (SSSR count). The van der Waals surface area contributed by atoms with Crippen molar-refractivity contribution >= 4 is 42.7 Å². The summed E-state index contributed by atoms with van der Waals surface area (Å²) in [7, 11) is 1.28. The van der Waals surface area contributed by atoms with E-state index in [0.717, 1.165) is 0 Å². The Morgan fingerprint density at radius 1 is 1.12 bits per heavy atom. The molecule has 0 aromatic heterocycles. The van der Waals surface area contributed by atoms with Crippen molar-refractivity contribution in [2.45, 2.75) is 70.3 Å². The molecule has 182 valence electrons. The fourth-order valence-corrected chi connectivity index (χ4v) is 3.51. The maximum Gasteiger partial charge on any atom is 0.417 e. The Labute approximate surface area is 200 Å². The van der Waals surface area contributed by atoms with Crippen molar-refractivity contribution in [3.05, 3.63) is 35.9 Å². The second-order valence-electron chi connectivity index (χ2n) is 8.25. The standard InChI is InChI=1S/C24H33NO7S/c1-17(2)14-20(15-26)25(23(30)32-16-19-10-6-5-7-11-19)22(29)24(33,18(3)27)13-9-8-12-21(28)31-4/h5-7,10-11,15,17,20,33H,8-9,12-14,16H2,1-4H3/t20?,24-/m1/s1. The molecular weight excluding hydrogens is 446 g/mol. The summed E-state index contributed by atoms with van der Waals surface area (Å²) >= 11 is 4.37. The van der Waals surface area contributed by atoms with E-state index in [-0.39, 0.29) is 31.8 Å². The summed E-state index contributed by atoms with van der Waals surface area (Å²) in [6, 6.07) is 7.77. The summed E-state index contributed by atoms with van der Waals surface area (Å²) in [6.07, 6.45) is 0.490. The first-order chi connectivity index (χ1) is 15.6. The molecule has 9 heteroatoms. The van der Waals surface area contributed by atoms with Crippen LogP contribution < -0.4 is 0 Å². The van der Waals surface area contributed by atoms with Gasteiger partial charge in [-0.1, -0.05) is 50.6 Å². The highest BCUT2D eigenvalue weighted by Crippen LogP contribution is 2.29. The van der Waals surface area contributed by atoms with Gasteiger partial charge in [0.1, 0.15) is 12.9 Å². The van der Waals surface area contributed by atoms with E-state index in [1.54, 1.807) is 24.3 Å². The highest BCUT2D eigenvalue weighted by atomic mass is 32.1. The molecule has 33 heavy (non-hydrogen) atoms. The SMILES string of the molecule is COC(=O)CCCC[C@@](S)(C(C)=O)C(=O)N(C(=O)OCc1ccccc1)C(C=O)CC(C)C. The summed E-state index contributed by atoms with van der Waals surface area (Å²) < 4.78 is 8.07. The van der Waals surface area contributed by atoms with Crippen LogP contribution in [0.5, 0.6) is 0 Å². The molecule has 0 saturated heterocycles. The second kappa shape index (κ2) is 13.8. The molecule has 0 bridgehead atoms. The third kappa shape index (κ3) is 8.64. The number of benzene rings is 1. The number of hydrogen-bond acceptors (Lipinski definition) is 8. The molecule has 1 aromatic carbocycles. The summed E-state index contributed by atoms with van der Waals surface area (Å²) in [6.45, 7) is 4.80. The fraction of sp³-hybridized carbons (Fsp3) is 0.542. The first-order valence-electron chi connectivity index (χ1n) is 10.9. The fourth-order valence-electron chi connectivity index (χ4n) is 3.25. The van der Waals surface area contributed by atoms with Gasteiger partial charge in [0.2, 0.25) is 0 Å². The molecule has 1 aromatic rings. The van der Waals surface area contributed by atoms with Crippen molar-refractivity contribution in [2.75, 3.05) is 7.11 Å². The first kappa shape index (κ1) is 28.4. The predicted octanol–water partition coefficient (Wildman–Crippen LogP) is 3.76. The average molecular weight is 480 g/mol. The van der Waals surface area contributed by atoms with Gasteiger partial charge in [0.15, 0.2) is 10.5 Å². The van der Waals surface area contributed by atoms with Crippen molar-refractivity contribution in [2.24, 2.45) is 5.92 Å². The summed E-state index contributed by atoms with van der Waals surface area (Å²) in [5.74, 6) is -1.89. The molecule has 0 spiro atoms. The average Bonchev–Trinajstić information content (AvgIpc) is 2.79. The van der Waals surface area contributed by atoms with Gasteiger partial charge < -0.3 is 14.3 Å². The van der Waals surface area contributed by atoms with Gasteiger partial charge in [0.05, 0.1) is 13.2 Å². The molecule has 8 nitrogen and oxygen atoms in total. The number of nitrogens with zero attached hydrogens (tertiary/aromatic N) is 1. The maximum atomic E-state index is 13.5. The Morgan fingerprint density at radius 3 is 2.27 bits per heavy atom. The number of thiol groups is 1. The molecule has 1 unspecified atom stereocenters.